The Bertz CT molecular complexity index is 1500. The van der Waals surface area contributed by atoms with Crippen molar-refractivity contribution in [3.63, 3.8) is 0 Å². The first-order valence-electron chi connectivity index (χ1n) is 11.1. The van der Waals surface area contributed by atoms with Gasteiger partial charge in [-0.1, -0.05) is 52.7 Å². The van der Waals surface area contributed by atoms with Crippen LogP contribution in [0.2, 0.25) is 10.0 Å². The first-order valence-corrected chi connectivity index (χ1v) is 12.7. The number of nitrogens with zero attached hydrogens (tertiary/aromatic N) is 2. The Labute approximate surface area is 216 Å². The fourth-order valence-corrected chi connectivity index (χ4v) is 5.37. The lowest BCUT2D eigenvalue weighted by Crippen LogP contribution is -2.40. The summed E-state index contributed by atoms with van der Waals surface area (Å²) in [5.41, 5.74) is 1.75. The van der Waals surface area contributed by atoms with Gasteiger partial charge in [0.2, 0.25) is 0 Å². The molecule has 6 nitrogen and oxygen atoms in total. The molecule has 1 unspecified atom stereocenters. The normalized spacial score (nSPS) is 15.7. The average molecular weight is 531 g/mol. The van der Waals surface area contributed by atoms with Crippen LogP contribution in [0.1, 0.15) is 44.9 Å². The van der Waals surface area contributed by atoms with Crippen molar-refractivity contribution < 1.29 is 14.3 Å². The molecule has 1 aromatic heterocycles. The molecule has 4 rings (SSSR count). The van der Waals surface area contributed by atoms with Gasteiger partial charge >= 0.3 is 5.97 Å². The van der Waals surface area contributed by atoms with Gasteiger partial charge in [0, 0.05) is 15.6 Å². The van der Waals surface area contributed by atoms with E-state index in [-0.39, 0.29) is 17.2 Å². The molecule has 9 heteroatoms. The van der Waals surface area contributed by atoms with Crippen LogP contribution in [0.3, 0.4) is 0 Å². The quantitative estimate of drug-likeness (QED) is 0.425. The lowest BCUT2D eigenvalue weighted by Gasteiger charge is -2.26. The van der Waals surface area contributed by atoms with Gasteiger partial charge < -0.3 is 9.47 Å². The van der Waals surface area contributed by atoms with E-state index in [9.17, 15) is 9.59 Å². The summed E-state index contributed by atoms with van der Waals surface area (Å²) in [6, 6.07) is 11.6. The second kappa shape index (κ2) is 10.4. The van der Waals surface area contributed by atoms with E-state index in [1.807, 2.05) is 13.0 Å². The highest BCUT2D eigenvalue weighted by molar-refractivity contribution is 7.07. The first kappa shape index (κ1) is 25.2. The number of esters is 1. The van der Waals surface area contributed by atoms with Crippen LogP contribution >= 0.6 is 34.5 Å². The summed E-state index contributed by atoms with van der Waals surface area (Å²) in [5.74, 6) is 0.0803. The molecule has 0 bridgehead atoms. The summed E-state index contributed by atoms with van der Waals surface area (Å²) < 4.78 is 13.2. The fraction of sp³-hybridized carbons (Fsp3) is 0.269. The number of halogens is 2. The van der Waals surface area contributed by atoms with Crippen molar-refractivity contribution in [2.24, 2.45) is 4.99 Å². The second-order valence-corrected chi connectivity index (χ2v) is 10.0. The maximum Gasteiger partial charge on any atom is 0.338 e. The van der Waals surface area contributed by atoms with Gasteiger partial charge in [0.05, 0.1) is 28.5 Å². The predicted octanol–water partition coefficient (Wildman–Crippen LogP) is 4.89. The third kappa shape index (κ3) is 5.08. The number of aromatic nitrogens is 1. The lowest BCUT2D eigenvalue weighted by atomic mass is 9.96. The number of hydrogen-bond donors (Lipinski definition) is 0. The van der Waals surface area contributed by atoms with E-state index < -0.39 is 12.0 Å². The number of ether oxygens (including phenoxy) is 2. The summed E-state index contributed by atoms with van der Waals surface area (Å²) in [4.78, 5) is 32.0. The van der Waals surface area contributed by atoms with Crippen LogP contribution in [0.4, 0.5) is 0 Å². The number of benzene rings is 2. The molecule has 0 saturated heterocycles. The summed E-state index contributed by atoms with van der Waals surface area (Å²) in [6.45, 7) is 7.64. The molecular weight excluding hydrogens is 507 g/mol. The molecule has 2 aromatic carbocycles. The van der Waals surface area contributed by atoms with Crippen molar-refractivity contribution in [2.75, 3.05) is 6.61 Å². The Kier molecular flexibility index (Phi) is 7.50. The van der Waals surface area contributed by atoms with Gasteiger partial charge in [-0.3, -0.25) is 9.36 Å². The molecule has 1 aliphatic rings. The first-order chi connectivity index (χ1) is 16.7. The molecule has 0 fully saturated rings. The summed E-state index contributed by atoms with van der Waals surface area (Å²) in [7, 11) is 0. The van der Waals surface area contributed by atoms with Crippen molar-refractivity contribution in [1.29, 1.82) is 0 Å². The van der Waals surface area contributed by atoms with Crippen LogP contribution in [0.5, 0.6) is 5.75 Å². The minimum atomic E-state index is -0.779. The number of rotatable bonds is 6. The van der Waals surface area contributed by atoms with Gasteiger partial charge in [-0.05, 0) is 63.6 Å². The van der Waals surface area contributed by atoms with E-state index in [0.717, 1.165) is 0 Å². The van der Waals surface area contributed by atoms with Gasteiger partial charge in [-0.15, -0.1) is 0 Å². The highest BCUT2D eigenvalue weighted by atomic mass is 35.5. The van der Waals surface area contributed by atoms with Crippen LogP contribution < -0.4 is 19.6 Å². The van der Waals surface area contributed by atoms with Crippen LogP contribution in [0.25, 0.3) is 6.08 Å². The number of fused-ring (bicyclic) bond motifs is 1. The van der Waals surface area contributed by atoms with Gasteiger partial charge in [0.1, 0.15) is 11.8 Å². The topological polar surface area (TPSA) is 69.9 Å². The highest BCUT2D eigenvalue weighted by Crippen LogP contribution is 2.34. The minimum Gasteiger partial charge on any atom is -0.493 e. The molecule has 0 saturated carbocycles. The number of carbonyl (C=O) groups excluding carboxylic acids is 1. The van der Waals surface area contributed by atoms with E-state index in [0.29, 0.717) is 48.6 Å². The largest absolute Gasteiger partial charge is 0.493 e. The van der Waals surface area contributed by atoms with Crippen LogP contribution in [0.15, 0.2) is 63.5 Å². The molecule has 35 heavy (non-hydrogen) atoms. The number of hydrogen-bond acceptors (Lipinski definition) is 6. The summed E-state index contributed by atoms with van der Waals surface area (Å²) in [6.07, 6.45) is 1.40. The lowest BCUT2D eigenvalue weighted by molar-refractivity contribution is -0.143. The molecule has 0 spiro atoms. The van der Waals surface area contributed by atoms with Gasteiger partial charge in [0.15, 0.2) is 4.80 Å². The molecule has 3 aromatic rings. The Morgan fingerprint density at radius 2 is 1.97 bits per heavy atom. The SMILES string of the molecule is CCOc1ccc(Cl)cc1C=c1sc2n(c1=O)C(c1ccccc1Cl)C(C(=O)OC(C)C)=C(C)N=2. The van der Waals surface area contributed by atoms with E-state index in [2.05, 4.69) is 4.99 Å². The van der Waals surface area contributed by atoms with Crippen molar-refractivity contribution in [3.8, 4) is 5.75 Å². The molecular formula is C26H24Cl2N2O4S. The molecule has 0 radical (unpaired) electrons. The molecule has 2 heterocycles. The molecule has 0 amide bonds. The molecule has 0 aliphatic carbocycles. The van der Waals surface area contributed by atoms with E-state index >= 15 is 0 Å². The van der Waals surface area contributed by atoms with Crippen molar-refractivity contribution in [3.05, 3.63) is 94.6 Å². The van der Waals surface area contributed by atoms with E-state index in [4.69, 9.17) is 32.7 Å². The van der Waals surface area contributed by atoms with Crippen LogP contribution in [0, 0.1) is 0 Å². The average Bonchev–Trinajstić information content (AvgIpc) is 3.09. The van der Waals surface area contributed by atoms with Gasteiger partial charge in [0.25, 0.3) is 5.56 Å². The van der Waals surface area contributed by atoms with Gasteiger partial charge in [-0.25, -0.2) is 9.79 Å². The van der Waals surface area contributed by atoms with Crippen molar-refractivity contribution in [1.82, 2.24) is 4.57 Å². The second-order valence-electron chi connectivity index (χ2n) is 8.17. The van der Waals surface area contributed by atoms with Gasteiger partial charge in [-0.2, -0.15) is 0 Å². The third-order valence-electron chi connectivity index (χ3n) is 5.34. The Morgan fingerprint density at radius 1 is 1.23 bits per heavy atom. The molecule has 1 atom stereocenters. The number of thiazole rings is 1. The Balaban J connectivity index is 1.97. The van der Waals surface area contributed by atoms with Crippen LogP contribution in [-0.4, -0.2) is 23.2 Å². The van der Waals surface area contributed by atoms with Crippen molar-refractivity contribution in [2.45, 2.75) is 39.8 Å². The standard InChI is InChI=1S/C26H24Cl2N2O4S/c1-5-33-20-11-10-17(27)12-16(20)13-21-24(31)30-23(18-8-6-7-9-19(18)28)22(25(32)34-14(2)3)15(4)29-26(30)35-21/h6-14,23H,5H2,1-4H3. The monoisotopic (exact) mass is 530 g/mol. The Morgan fingerprint density at radius 3 is 2.66 bits per heavy atom. The molecule has 0 N–H and O–H groups in total. The van der Waals surface area contributed by atoms with E-state index in [1.54, 1.807) is 63.2 Å². The summed E-state index contributed by atoms with van der Waals surface area (Å²) >= 11 is 14.0. The zero-order valence-corrected chi connectivity index (χ0v) is 22.0. The Hall–Kier alpha value is -2.87. The fourth-order valence-electron chi connectivity index (χ4n) is 3.91. The minimum absolute atomic E-state index is 0.281. The number of allylic oxidation sites excluding steroid dienone is 1. The van der Waals surface area contributed by atoms with Crippen molar-refractivity contribution >= 4 is 46.6 Å². The zero-order chi connectivity index (χ0) is 25.3. The molecule has 182 valence electrons. The molecule has 1 aliphatic heterocycles. The van der Waals surface area contributed by atoms with Crippen LogP contribution in [-0.2, 0) is 9.53 Å². The predicted molar refractivity (Wildman–Crippen MR) is 139 cm³/mol. The maximum absolute atomic E-state index is 13.8. The van der Waals surface area contributed by atoms with E-state index in [1.165, 1.54) is 15.9 Å². The highest BCUT2D eigenvalue weighted by Gasteiger charge is 2.34. The number of carbonyl (C=O) groups is 1. The zero-order valence-electron chi connectivity index (χ0n) is 19.7. The third-order valence-corrected chi connectivity index (χ3v) is 6.90. The smallest absolute Gasteiger partial charge is 0.338 e. The maximum atomic E-state index is 13.8. The summed E-state index contributed by atoms with van der Waals surface area (Å²) in [5, 5.41) is 0.959.